The topological polar surface area (TPSA) is 73.7 Å². The standard InChI is InChI=1S/C14H13N3O2/c18-13-8-4-5-11(9-13)10-15-17-14(19)16-12-6-2-1-3-7-12/h1-10,18H,(H2,16,17,19)/b15-10+. The molecule has 0 aliphatic heterocycles. The van der Waals surface area contributed by atoms with Crippen LogP contribution in [-0.2, 0) is 0 Å². The van der Waals surface area contributed by atoms with Gasteiger partial charge in [-0.1, -0.05) is 30.3 Å². The highest BCUT2D eigenvalue weighted by Crippen LogP contribution is 2.08. The number of anilines is 1. The molecule has 0 saturated carbocycles. The molecule has 2 aromatic rings. The largest absolute Gasteiger partial charge is 0.508 e. The number of nitrogens with one attached hydrogen (secondary N) is 2. The molecule has 0 spiro atoms. The van der Waals surface area contributed by atoms with Gasteiger partial charge in [-0.3, -0.25) is 0 Å². The zero-order valence-corrected chi connectivity index (χ0v) is 10.1. The molecular formula is C14H13N3O2. The molecule has 2 amide bonds. The highest BCUT2D eigenvalue weighted by Gasteiger charge is 1.98. The molecule has 5 nitrogen and oxygen atoms in total. The first-order chi connectivity index (χ1) is 9.24. The van der Waals surface area contributed by atoms with Crippen LogP contribution in [0.5, 0.6) is 5.75 Å². The molecule has 5 heteroatoms. The Hall–Kier alpha value is -2.82. The number of hydrazone groups is 1. The molecule has 0 radical (unpaired) electrons. The lowest BCUT2D eigenvalue weighted by Gasteiger charge is -2.03. The molecule has 0 aromatic heterocycles. The van der Waals surface area contributed by atoms with E-state index < -0.39 is 6.03 Å². The van der Waals surface area contributed by atoms with E-state index >= 15 is 0 Å². The number of carbonyl (C=O) groups is 1. The first-order valence-electron chi connectivity index (χ1n) is 5.68. The predicted octanol–water partition coefficient (Wildman–Crippen LogP) is 2.55. The van der Waals surface area contributed by atoms with Gasteiger partial charge in [-0.25, -0.2) is 10.2 Å². The summed E-state index contributed by atoms with van der Waals surface area (Å²) in [5.74, 6) is 0.151. The summed E-state index contributed by atoms with van der Waals surface area (Å²) in [6.45, 7) is 0. The summed E-state index contributed by atoms with van der Waals surface area (Å²) in [6.07, 6.45) is 1.45. The van der Waals surface area contributed by atoms with Crippen molar-refractivity contribution in [2.45, 2.75) is 0 Å². The molecule has 0 bridgehead atoms. The minimum Gasteiger partial charge on any atom is -0.508 e. The molecule has 19 heavy (non-hydrogen) atoms. The van der Waals surface area contributed by atoms with Crippen LogP contribution >= 0.6 is 0 Å². The maximum atomic E-state index is 11.5. The Bertz CT molecular complexity index is 582. The molecule has 0 fully saturated rings. The molecule has 0 saturated heterocycles. The lowest BCUT2D eigenvalue weighted by atomic mass is 10.2. The zero-order chi connectivity index (χ0) is 13.5. The highest BCUT2D eigenvalue weighted by atomic mass is 16.3. The molecule has 0 unspecified atom stereocenters. The van der Waals surface area contributed by atoms with Gasteiger partial charge in [0.05, 0.1) is 6.21 Å². The predicted molar refractivity (Wildman–Crippen MR) is 74.3 cm³/mol. The summed E-state index contributed by atoms with van der Waals surface area (Å²) in [4.78, 5) is 11.5. The third-order valence-electron chi connectivity index (χ3n) is 2.28. The second-order valence-corrected chi connectivity index (χ2v) is 3.79. The van der Waals surface area contributed by atoms with Crippen molar-refractivity contribution in [2.24, 2.45) is 5.10 Å². The fourth-order valence-electron chi connectivity index (χ4n) is 1.45. The van der Waals surface area contributed by atoms with Crippen molar-refractivity contribution in [1.29, 1.82) is 0 Å². The summed E-state index contributed by atoms with van der Waals surface area (Å²) in [5, 5.41) is 15.7. The fraction of sp³-hybridized carbons (Fsp3) is 0. The van der Waals surface area contributed by atoms with Crippen LogP contribution in [0.15, 0.2) is 59.7 Å². The number of hydrogen-bond acceptors (Lipinski definition) is 3. The van der Waals surface area contributed by atoms with Gasteiger partial charge >= 0.3 is 6.03 Å². The molecular weight excluding hydrogens is 242 g/mol. The highest BCUT2D eigenvalue weighted by molar-refractivity contribution is 5.90. The van der Waals surface area contributed by atoms with Crippen LogP contribution in [0.1, 0.15) is 5.56 Å². The summed E-state index contributed by atoms with van der Waals surface area (Å²) < 4.78 is 0. The van der Waals surface area contributed by atoms with Crippen molar-refractivity contribution in [2.75, 3.05) is 5.32 Å². The third kappa shape index (κ3) is 4.16. The maximum Gasteiger partial charge on any atom is 0.339 e. The molecule has 3 N–H and O–H groups in total. The van der Waals surface area contributed by atoms with E-state index in [2.05, 4.69) is 15.8 Å². The molecule has 0 atom stereocenters. The van der Waals surface area contributed by atoms with Gasteiger partial charge in [0.1, 0.15) is 5.75 Å². The van der Waals surface area contributed by atoms with Crippen molar-refractivity contribution in [3.05, 3.63) is 60.2 Å². The Morgan fingerprint density at radius 1 is 1.11 bits per heavy atom. The van der Waals surface area contributed by atoms with Gasteiger partial charge in [-0.2, -0.15) is 5.10 Å². The second kappa shape index (κ2) is 6.20. The van der Waals surface area contributed by atoms with E-state index in [0.717, 1.165) is 0 Å². The monoisotopic (exact) mass is 255 g/mol. The van der Waals surface area contributed by atoms with E-state index in [0.29, 0.717) is 11.3 Å². The molecule has 2 aromatic carbocycles. The van der Waals surface area contributed by atoms with Crippen molar-refractivity contribution >= 4 is 17.9 Å². The Morgan fingerprint density at radius 3 is 2.63 bits per heavy atom. The second-order valence-electron chi connectivity index (χ2n) is 3.79. The van der Waals surface area contributed by atoms with Crippen molar-refractivity contribution in [3.8, 4) is 5.75 Å². The number of aromatic hydroxyl groups is 1. The Morgan fingerprint density at radius 2 is 1.89 bits per heavy atom. The molecule has 0 heterocycles. The van der Waals surface area contributed by atoms with Crippen molar-refractivity contribution in [1.82, 2.24) is 5.43 Å². The number of phenols is 1. The minimum atomic E-state index is -0.428. The van der Waals surface area contributed by atoms with Crippen LogP contribution in [0.3, 0.4) is 0 Å². The van der Waals surface area contributed by atoms with Gasteiger partial charge in [0, 0.05) is 5.69 Å². The van der Waals surface area contributed by atoms with Crippen LogP contribution < -0.4 is 10.7 Å². The van der Waals surface area contributed by atoms with Gasteiger partial charge in [0.25, 0.3) is 0 Å². The summed E-state index contributed by atoms with van der Waals surface area (Å²) in [7, 11) is 0. The Labute approximate surface area is 110 Å². The average molecular weight is 255 g/mol. The van der Waals surface area contributed by atoms with E-state index in [-0.39, 0.29) is 5.75 Å². The van der Waals surface area contributed by atoms with Crippen LogP contribution in [0, 0.1) is 0 Å². The molecule has 0 aliphatic rings. The SMILES string of the molecule is O=C(N/N=C/c1cccc(O)c1)Nc1ccccc1. The van der Waals surface area contributed by atoms with E-state index in [4.69, 9.17) is 0 Å². The fourth-order valence-corrected chi connectivity index (χ4v) is 1.45. The third-order valence-corrected chi connectivity index (χ3v) is 2.28. The Balaban J connectivity index is 1.87. The van der Waals surface area contributed by atoms with Gasteiger partial charge in [-0.05, 0) is 29.8 Å². The lowest BCUT2D eigenvalue weighted by molar-refractivity contribution is 0.252. The van der Waals surface area contributed by atoms with Crippen LogP contribution in [0.2, 0.25) is 0 Å². The zero-order valence-electron chi connectivity index (χ0n) is 10.1. The average Bonchev–Trinajstić information content (AvgIpc) is 2.40. The number of rotatable bonds is 3. The van der Waals surface area contributed by atoms with E-state index in [1.165, 1.54) is 6.21 Å². The van der Waals surface area contributed by atoms with Crippen LogP contribution in [0.25, 0.3) is 0 Å². The molecule has 2 rings (SSSR count). The van der Waals surface area contributed by atoms with Crippen LogP contribution in [-0.4, -0.2) is 17.4 Å². The van der Waals surface area contributed by atoms with Gasteiger partial charge in [0.15, 0.2) is 0 Å². The number of carbonyl (C=O) groups excluding carboxylic acids is 1. The Kier molecular flexibility index (Phi) is 4.12. The number of nitrogens with zero attached hydrogens (tertiary/aromatic N) is 1. The summed E-state index contributed by atoms with van der Waals surface area (Å²) >= 11 is 0. The molecule has 96 valence electrons. The first kappa shape index (κ1) is 12.6. The number of phenolic OH excluding ortho intramolecular Hbond substituents is 1. The quantitative estimate of drug-likeness (QED) is 0.582. The first-order valence-corrected chi connectivity index (χ1v) is 5.68. The van der Waals surface area contributed by atoms with Gasteiger partial charge in [-0.15, -0.1) is 0 Å². The van der Waals surface area contributed by atoms with Crippen LogP contribution in [0.4, 0.5) is 10.5 Å². The number of amides is 2. The maximum absolute atomic E-state index is 11.5. The van der Waals surface area contributed by atoms with E-state index in [1.807, 2.05) is 18.2 Å². The van der Waals surface area contributed by atoms with E-state index in [1.54, 1.807) is 36.4 Å². The normalized spacial score (nSPS) is 10.3. The van der Waals surface area contributed by atoms with Crippen molar-refractivity contribution in [3.63, 3.8) is 0 Å². The number of urea groups is 1. The molecule has 0 aliphatic carbocycles. The number of hydrogen-bond donors (Lipinski definition) is 3. The van der Waals surface area contributed by atoms with Gasteiger partial charge in [0.2, 0.25) is 0 Å². The summed E-state index contributed by atoms with van der Waals surface area (Å²) in [5.41, 5.74) is 3.72. The number of para-hydroxylation sites is 1. The van der Waals surface area contributed by atoms with E-state index in [9.17, 15) is 9.90 Å². The summed E-state index contributed by atoms with van der Waals surface area (Å²) in [6, 6.07) is 15.2. The minimum absolute atomic E-state index is 0.151. The van der Waals surface area contributed by atoms with Crippen molar-refractivity contribution < 1.29 is 9.90 Å². The smallest absolute Gasteiger partial charge is 0.339 e. The lowest BCUT2D eigenvalue weighted by Crippen LogP contribution is -2.24. The number of benzene rings is 2. The van der Waals surface area contributed by atoms with Gasteiger partial charge < -0.3 is 10.4 Å².